The fraction of sp³-hybridized carbons (Fsp3) is 0.100. The van der Waals surface area contributed by atoms with Crippen molar-refractivity contribution in [3.05, 3.63) is 47.7 Å². The van der Waals surface area contributed by atoms with Gasteiger partial charge in [0.25, 0.3) is 0 Å². The van der Waals surface area contributed by atoms with Gasteiger partial charge in [0.15, 0.2) is 0 Å². The molecule has 0 aliphatic heterocycles. The van der Waals surface area contributed by atoms with Crippen LogP contribution in [0.1, 0.15) is 11.1 Å². The first-order valence-electron chi connectivity index (χ1n) is 3.26. The highest BCUT2D eigenvalue weighted by Crippen LogP contribution is 2.07. The van der Waals surface area contributed by atoms with Crippen LogP contribution >= 0.6 is 0 Å². The van der Waals surface area contributed by atoms with Crippen LogP contribution < -0.4 is 0 Å². The number of hydrogen-bond acceptors (Lipinski definition) is 0. The molecule has 0 atom stereocenters. The molecular weight excluding hydrogens is 120 g/mol. The van der Waals surface area contributed by atoms with E-state index in [0.29, 0.717) is 0 Å². The van der Waals surface area contributed by atoms with Crippen LogP contribution in [0.25, 0.3) is 6.08 Å². The van der Waals surface area contributed by atoms with E-state index in [1.54, 1.807) is 0 Å². The maximum absolute atomic E-state index is 3.52. The number of aryl methyl sites for hydroxylation is 1. The maximum Gasteiger partial charge on any atom is -0.0131 e. The minimum Gasteiger partial charge on any atom is -0.128 e. The third-order valence-electron chi connectivity index (χ3n) is 1.45. The Balaban J connectivity index is 3.14. The quantitative estimate of drug-likeness (QED) is 0.513. The van der Waals surface area contributed by atoms with Crippen molar-refractivity contribution < 1.29 is 0 Å². The van der Waals surface area contributed by atoms with Gasteiger partial charge in [0.1, 0.15) is 0 Å². The van der Waals surface area contributed by atoms with Crippen LogP contribution in [-0.2, 0) is 0 Å². The van der Waals surface area contributed by atoms with E-state index in [1.165, 1.54) is 11.1 Å². The molecule has 1 aromatic rings. The molecule has 0 bridgehead atoms. The molecule has 0 aliphatic carbocycles. The average molecular weight is 130 g/mol. The van der Waals surface area contributed by atoms with Crippen molar-refractivity contribution in [2.45, 2.75) is 6.92 Å². The van der Waals surface area contributed by atoms with Crippen molar-refractivity contribution in [1.82, 2.24) is 0 Å². The average Bonchev–Trinajstić information content (AvgIpc) is 1.94. The van der Waals surface area contributed by atoms with Gasteiger partial charge in [-0.25, -0.2) is 0 Å². The summed E-state index contributed by atoms with van der Waals surface area (Å²) in [6.07, 6.45) is 1.88. The largest absolute Gasteiger partial charge is 0.128 e. The zero-order valence-corrected chi connectivity index (χ0v) is 6.09. The minimum atomic E-state index is 1.19. The molecule has 0 spiro atoms. The SMILES string of the molecule is C=C=Cc1ccccc1C. The molecule has 10 heavy (non-hydrogen) atoms. The molecule has 0 saturated carbocycles. The van der Waals surface area contributed by atoms with Crippen LogP contribution in [0, 0.1) is 6.92 Å². The second-order valence-corrected chi connectivity index (χ2v) is 2.21. The lowest BCUT2D eigenvalue weighted by Gasteiger charge is -1.94. The Morgan fingerprint density at radius 3 is 2.70 bits per heavy atom. The standard InChI is InChI=1S/C10H10/c1-3-6-10-8-5-4-7-9(10)2/h4-8H,1H2,2H3. The first-order valence-corrected chi connectivity index (χ1v) is 3.26. The van der Waals surface area contributed by atoms with Crippen LogP contribution in [0.15, 0.2) is 36.6 Å². The third-order valence-corrected chi connectivity index (χ3v) is 1.45. The first-order chi connectivity index (χ1) is 4.84. The van der Waals surface area contributed by atoms with Gasteiger partial charge in [-0.15, -0.1) is 5.73 Å². The van der Waals surface area contributed by atoms with Gasteiger partial charge in [-0.2, -0.15) is 0 Å². The van der Waals surface area contributed by atoms with E-state index in [-0.39, 0.29) is 0 Å². The molecule has 1 rings (SSSR count). The van der Waals surface area contributed by atoms with Crippen molar-refractivity contribution in [3.63, 3.8) is 0 Å². The van der Waals surface area contributed by atoms with Crippen LogP contribution in [0.2, 0.25) is 0 Å². The van der Waals surface area contributed by atoms with Gasteiger partial charge in [-0.1, -0.05) is 30.8 Å². The van der Waals surface area contributed by atoms with E-state index in [2.05, 4.69) is 25.3 Å². The van der Waals surface area contributed by atoms with Gasteiger partial charge in [0.05, 0.1) is 0 Å². The predicted octanol–water partition coefficient (Wildman–Crippen LogP) is 2.79. The number of rotatable bonds is 1. The van der Waals surface area contributed by atoms with Gasteiger partial charge in [-0.05, 0) is 24.1 Å². The molecule has 0 amide bonds. The second kappa shape index (κ2) is 3.05. The molecule has 0 N–H and O–H groups in total. The Bertz CT molecular complexity index is 265. The lowest BCUT2D eigenvalue weighted by molar-refractivity contribution is 1.45. The van der Waals surface area contributed by atoms with Crippen LogP contribution in [0.5, 0.6) is 0 Å². The highest BCUT2D eigenvalue weighted by molar-refractivity contribution is 5.52. The molecule has 0 unspecified atom stereocenters. The van der Waals surface area contributed by atoms with E-state index in [0.717, 1.165) is 0 Å². The number of hydrogen-bond donors (Lipinski definition) is 0. The van der Waals surface area contributed by atoms with Crippen LogP contribution in [0.4, 0.5) is 0 Å². The first kappa shape index (κ1) is 6.85. The molecule has 0 heterocycles. The highest BCUT2D eigenvalue weighted by atomic mass is 13.9. The topological polar surface area (TPSA) is 0 Å². The summed E-state index contributed by atoms with van der Waals surface area (Å²) in [7, 11) is 0. The normalized spacial score (nSPS) is 8.50. The monoisotopic (exact) mass is 130 g/mol. The van der Waals surface area contributed by atoms with Gasteiger partial charge in [0.2, 0.25) is 0 Å². The zero-order valence-electron chi connectivity index (χ0n) is 6.09. The van der Waals surface area contributed by atoms with E-state index >= 15 is 0 Å². The second-order valence-electron chi connectivity index (χ2n) is 2.21. The Hall–Kier alpha value is -1.26. The predicted molar refractivity (Wildman–Crippen MR) is 44.8 cm³/mol. The highest BCUT2D eigenvalue weighted by Gasteiger charge is 1.87. The number of benzene rings is 1. The van der Waals surface area contributed by atoms with Crippen LogP contribution in [0.3, 0.4) is 0 Å². The Kier molecular flexibility index (Phi) is 2.09. The van der Waals surface area contributed by atoms with E-state index in [9.17, 15) is 0 Å². The zero-order chi connectivity index (χ0) is 7.40. The van der Waals surface area contributed by atoms with E-state index in [4.69, 9.17) is 0 Å². The van der Waals surface area contributed by atoms with Crippen molar-refractivity contribution >= 4 is 6.08 Å². The summed E-state index contributed by atoms with van der Waals surface area (Å²) in [5.41, 5.74) is 5.20. The lowest BCUT2D eigenvalue weighted by Crippen LogP contribution is -1.75. The molecule has 1 aromatic carbocycles. The fourth-order valence-corrected chi connectivity index (χ4v) is 0.859. The minimum absolute atomic E-state index is 1.19. The summed E-state index contributed by atoms with van der Waals surface area (Å²) in [5.74, 6) is 0. The molecule has 0 nitrogen and oxygen atoms in total. The molecule has 50 valence electrons. The Labute approximate surface area is 61.5 Å². The summed E-state index contributed by atoms with van der Waals surface area (Å²) in [6, 6.07) is 8.16. The summed E-state index contributed by atoms with van der Waals surface area (Å²) in [4.78, 5) is 0. The van der Waals surface area contributed by atoms with Crippen molar-refractivity contribution in [1.29, 1.82) is 0 Å². The third kappa shape index (κ3) is 1.37. The summed E-state index contributed by atoms with van der Waals surface area (Å²) >= 11 is 0. The molecule has 0 saturated heterocycles. The summed E-state index contributed by atoms with van der Waals surface area (Å²) in [6.45, 7) is 5.59. The molecular formula is C10H10. The van der Waals surface area contributed by atoms with Crippen molar-refractivity contribution in [2.24, 2.45) is 0 Å². The molecule has 0 radical (unpaired) electrons. The van der Waals surface area contributed by atoms with Gasteiger partial charge in [-0.3, -0.25) is 0 Å². The van der Waals surface area contributed by atoms with Crippen molar-refractivity contribution in [2.75, 3.05) is 0 Å². The Morgan fingerprint density at radius 2 is 2.10 bits per heavy atom. The van der Waals surface area contributed by atoms with Gasteiger partial charge < -0.3 is 0 Å². The van der Waals surface area contributed by atoms with Crippen molar-refractivity contribution in [3.8, 4) is 0 Å². The molecule has 0 fully saturated rings. The summed E-state index contributed by atoms with van der Waals surface area (Å²) < 4.78 is 0. The van der Waals surface area contributed by atoms with E-state index < -0.39 is 0 Å². The lowest BCUT2D eigenvalue weighted by atomic mass is 10.1. The molecule has 0 aromatic heterocycles. The maximum atomic E-state index is 3.52. The summed E-state index contributed by atoms with van der Waals surface area (Å²) in [5, 5.41) is 0. The van der Waals surface area contributed by atoms with Gasteiger partial charge in [0, 0.05) is 0 Å². The fourth-order valence-electron chi connectivity index (χ4n) is 0.859. The smallest absolute Gasteiger partial charge is 0.0131 e. The van der Waals surface area contributed by atoms with E-state index in [1.807, 2.05) is 24.3 Å². The molecule has 0 aliphatic rings. The molecule has 0 heteroatoms. The van der Waals surface area contributed by atoms with Crippen LogP contribution in [-0.4, -0.2) is 0 Å². The Morgan fingerprint density at radius 1 is 1.40 bits per heavy atom. The van der Waals surface area contributed by atoms with Gasteiger partial charge >= 0.3 is 0 Å².